The van der Waals surface area contributed by atoms with Gasteiger partial charge < -0.3 is 4.74 Å². The molecule has 0 saturated heterocycles. The second-order valence-corrected chi connectivity index (χ2v) is 3.50. The van der Waals surface area contributed by atoms with Gasteiger partial charge in [-0.2, -0.15) is 13.2 Å². The van der Waals surface area contributed by atoms with Crippen LogP contribution in [-0.4, -0.2) is 12.6 Å². The van der Waals surface area contributed by atoms with Gasteiger partial charge in [-0.1, -0.05) is 12.1 Å². The first-order valence-electron chi connectivity index (χ1n) is 5.25. The second-order valence-electron chi connectivity index (χ2n) is 3.50. The van der Waals surface area contributed by atoms with Crippen molar-refractivity contribution in [2.24, 2.45) is 0 Å². The van der Waals surface area contributed by atoms with E-state index in [4.69, 9.17) is 4.74 Å². The van der Waals surface area contributed by atoms with E-state index in [1.807, 2.05) is 0 Å². The highest BCUT2D eigenvalue weighted by atomic mass is 35.5. The molecule has 0 fully saturated rings. The van der Waals surface area contributed by atoms with Gasteiger partial charge in [-0.05, 0) is 31.0 Å². The number of hydrogen-bond donors (Lipinski definition) is 0. The fraction of sp³-hybridized carbons (Fsp3) is 0.417. The summed E-state index contributed by atoms with van der Waals surface area (Å²) in [5.41, 5.74) is 0.00318. The van der Waals surface area contributed by atoms with E-state index in [0.29, 0.717) is 18.6 Å². The Balaban J connectivity index is 0.00000289. The minimum Gasteiger partial charge on any atom is -0.466 e. The van der Waals surface area contributed by atoms with Gasteiger partial charge in [0.15, 0.2) is 0 Å². The normalized spacial score (nSPS) is 10.7. The van der Waals surface area contributed by atoms with Crippen molar-refractivity contribution in [1.29, 1.82) is 0 Å². The molecule has 0 aliphatic carbocycles. The smallest absolute Gasteiger partial charge is 0.416 e. The van der Waals surface area contributed by atoms with Crippen LogP contribution >= 0.6 is 12.4 Å². The Morgan fingerprint density at radius 2 is 1.78 bits per heavy atom. The molecule has 0 N–H and O–H groups in total. The van der Waals surface area contributed by atoms with Gasteiger partial charge in [-0.15, -0.1) is 12.4 Å². The molecule has 0 amide bonds. The average molecular weight is 283 g/mol. The molecule has 0 aliphatic heterocycles. The third-order valence-corrected chi connectivity index (χ3v) is 2.20. The van der Waals surface area contributed by atoms with Crippen molar-refractivity contribution in [3.05, 3.63) is 35.4 Å². The lowest BCUT2D eigenvalue weighted by molar-refractivity contribution is -0.143. The van der Waals surface area contributed by atoms with E-state index in [0.717, 1.165) is 12.1 Å². The average Bonchev–Trinajstić information content (AvgIpc) is 2.26. The number of carbonyl (C=O) groups excluding carboxylic acids is 1. The van der Waals surface area contributed by atoms with Crippen LogP contribution < -0.4 is 0 Å². The molecule has 0 spiro atoms. The van der Waals surface area contributed by atoms with E-state index < -0.39 is 11.7 Å². The van der Waals surface area contributed by atoms with Crippen LogP contribution in [0.3, 0.4) is 0 Å². The first kappa shape index (κ1) is 16.8. The lowest BCUT2D eigenvalue weighted by atomic mass is 10.1. The van der Waals surface area contributed by atoms with Gasteiger partial charge in [0.25, 0.3) is 0 Å². The van der Waals surface area contributed by atoms with Crippen LogP contribution in [0, 0.1) is 0 Å². The van der Waals surface area contributed by atoms with Gasteiger partial charge in [-0.25, -0.2) is 0 Å². The number of halogens is 4. The summed E-state index contributed by atoms with van der Waals surface area (Å²) in [6.07, 6.45) is -3.75. The van der Waals surface area contributed by atoms with E-state index in [9.17, 15) is 18.0 Å². The largest absolute Gasteiger partial charge is 0.466 e. The van der Waals surface area contributed by atoms with E-state index in [2.05, 4.69) is 0 Å². The molecule has 0 aromatic heterocycles. The van der Waals surface area contributed by atoms with Crippen molar-refractivity contribution < 1.29 is 22.7 Å². The monoisotopic (exact) mass is 282 g/mol. The molecule has 0 heterocycles. The van der Waals surface area contributed by atoms with Gasteiger partial charge in [0, 0.05) is 6.42 Å². The van der Waals surface area contributed by atoms with Gasteiger partial charge in [0.1, 0.15) is 0 Å². The van der Waals surface area contributed by atoms with E-state index >= 15 is 0 Å². The summed E-state index contributed by atoms with van der Waals surface area (Å²) in [5.74, 6) is -0.340. The van der Waals surface area contributed by atoms with Crippen LogP contribution in [0.2, 0.25) is 0 Å². The van der Waals surface area contributed by atoms with Crippen molar-refractivity contribution >= 4 is 18.4 Å². The number of aryl methyl sites for hydroxylation is 1. The van der Waals surface area contributed by atoms with Crippen LogP contribution in [0.15, 0.2) is 24.3 Å². The Labute approximate surface area is 110 Å². The summed E-state index contributed by atoms with van der Waals surface area (Å²) in [6, 6.07) is 4.78. The fourth-order valence-electron chi connectivity index (χ4n) is 1.34. The molecule has 102 valence electrons. The number of carbonyl (C=O) groups is 1. The van der Waals surface area contributed by atoms with Crippen LogP contribution in [0.1, 0.15) is 24.5 Å². The van der Waals surface area contributed by atoms with E-state index in [-0.39, 0.29) is 24.8 Å². The molecule has 2 nitrogen and oxygen atoms in total. The maximum Gasteiger partial charge on any atom is 0.416 e. The SMILES string of the molecule is CCOC(=O)CCc1ccc(C(F)(F)F)cc1.Cl. The highest BCUT2D eigenvalue weighted by Crippen LogP contribution is 2.29. The topological polar surface area (TPSA) is 26.3 Å². The van der Waals surface area contributed by atoms with Crippen molar-refractivity contribution in [3.63, 3.8) is 0 Å². The van der Waals surface area contributed by atoms with Crippen molar-refractivity contribution in [1.82, 2.24) is 0 Å². The molecular formula is C12H14ClF3O2. The molecule has 0 bridgehead atoms. The first-order valence-corrected chi connectivity index (χ1v) is 5.25. The molecule has 1 rings (SSSR count). The fourth-order valence-corrected chi connectivity index (χ4v) is 1.34. The lowest BCUT2D eigenvalue weighted by Gasteiger charge is -2.07. The number of rotatable bonds is 4. The third kappa shape index (κ3) is 5.40. The summed E-state index contributed by atoms with van der Waals surface area (Å²) in [7, 11) is 0. The number of hydrogen-bond acceptors (Lipinski definition) is 2. The van der Waals surface area contributed by atoms with Gasteiger partial charge >= 0.3 is 12.1 Å². The van der Waals surface area contributed by atoms with E-state index in [1.165, 1.54) is 12.1 Å². The highest BCUT2D eigenvalue weighted by Gasteiger charge is 2.29. The Hall–Kier alpha value is -1.23. The molecule has 0 aliphatic rings. The molecule has 18 heavy (non-hydrogen) atoms. The molecular weight excluding hydrogens is 269 g/mol. The van der Waals surface area contributed by atoms with Gasteiger partial charge in [-0.3, -0.25) is 4.79 Å². The summed E-state index contributed by atoms with van der Waals surface area (Å²) in [4.78, 5) is 11.0. The molecule has 1 aromatic carbocycles. The molecule has 6 heteroatoms. The number of benzene rings is 1. The Morgan fingerprint density at radius 3 is 2.22 bits per heavy atom. The maximum atomic E-state index is 12.3. The maximum absolute atomic E-state index is 12.3. The van der Waals surface area contributed by atoms with Crippen molar-refractivity contribution in [2.45, 2.75) is 25.9 Å². The highest BCUT2D eigenvalue weighted by molar-refractivity contribution is 5.85. The standard InChI is InChI=1S/C12H13F3O2.ClH/c1-2-17-11(16)8-5-9-3-6-10(7-4-9)12(13,14)15;/h3-4,6-7H,2,5,8H2,1H3;1H. The predicted molar refractivity (Wildman–Crippen MR) is 63.6 cm³/mol. The number of alkyl halides is 3. The molecule has 0 radical (unpaired) electrons. The Morgan fingerprint density at radius 1 is 1.22 bits per heavy atom. The molecule has 1 aromatic rings. The van der Waals surface area contributed by atoms with Crippen molar-refractivity contribution in [2.75, 3.05) is 6.61 Å². The Bertz CT molecular complexity index is 374. The quantitative estimate of drug-likeness (QED) is 0.789. The van der Waals surface area contributed by atoms with Gasteiger partial charge in [0.05, 0.1) is 12.2 Å². The second kappa shape index (κ2) is 7.26. The molecule has 0 unspecified atom stereocenters. The van der Waals surface area contributed by atoms with Crippen LogP contribution in [0.5, 0.6) is 0 Å². The van der Waals surface area contributed by atoms with Crippen LogP contribution in [0.25, 0.3) is 0 Å². The summed E-state index contributed by atoms with van der Waals surface area (Å²) in [5, 5.41) is 0. The minimum absolute atomic E-state index is 0. The van der Waals surface area contributed by atoms with Crippen LogP contribution in [0.4, 0.5) is 13.2 Å². The summed E-state index contributed by atoms with van der Waals surface area (Å²) < 4.78 is 41.5. The Kier molecular flexibility index (Phi) is 6.76. The summed E-state index contributed by atoms with van der Waals surface area (Å²) >= 11 is 0. The lowest BCUT2D eigenvalue weighted by Crippen LogP contribution is -2.06. The minimum atomic E-state index is -4.32. The van der Waals surface area contributed by atoms with Crippen molar-refractivity contribution in [3.8, 4) is 0 Å². The first-order chi connectivity index (χ1) is 7.93. The molecule has 0 saturated carbocycles. The van der Waals surface area contributed by atoms with Gasteiger partial charge in [0.2, 0.25) is 0 Å². The zero-order chi connectivity index (χ0) is 12.9. The number of ether oxygens (including phenoxy) is 1. The zero-order valence-electron chi connectivity index (χ0n) is 9.79. The zero-order valence-corrected chi connectivity index (χ0v) is 10.6. The van der Waals surface area contributed by atoms with E-state index in [1.54, 1.807) is 6.92 Å². The number of esters is 1. The van der Waals surface area contributed by atoms with Crippen LogP contribution in [-0.2, 0) is 22.1 Å². The predicted octanol–water partition coefficient (Wildman–Crippen LogP) is 3.62. The summed E-state index contributed by atoms with van der Waals surface area (Å²) in [6.45, 7) is 2.02. The molecule has 0 atom stereocenters. The third-order valence-electron chi connectivity index (χ3n) is 2.20.